The van der Waals surface area contributed by atoms with Crippen LogP contribution in [0.2, 0.25) is 0 Å². The van der Waals surface area contributed by atoms with E-state index in [1.807, 2.05) is 0 Å². The van der Waals surface area contributed by atoms with E-state index in [1.165, 1.54) is 6.20 Å². The fourth-order valence-corrected chi connectivity index (χ4v) is 1.09. The van der Waals surface area contributed by atoms with Crippen molar-refractivity contribution in [2.45, 2.75) is 6.42 Å². The molecule has 11 heavy (non-hydrogen) atoms. The highest BCUT2D eigenvalue weighted by Crippen LogP contribution is 2.04. The number of allylic oxidation sites excluding steroid dienone is 1. The van der Waals surface area contributed by atoms with Gasteiger partial charge in [0.15, 0.2) is 0 Å². The second kappa shape index (κ2) is 3.42. The summed E-state index contributed by atoms with van der Waals surface area (Å²) in [5.74, 6) is 0. The first kappa shape index (κ1) is 8.11. The monoisotopic (exact) mass is 170 g/mol. The summed E-state index contributed by atoms with van der Waals surface area (Å²) >= 11 is 0. The van der Waals surface area contributed by atoms with Crippen LogP contribution in [0.4, 0.5) is 0 Å². The van der Waals surface area contributed by atoms with Crippen molar-refractivity contribution in [3.63, 3.8) is 0 Å². The lowest BCUT2D eigenvalue weighted by Gasteiger charge is -1.83. The van der Waals surface area contributed by atoms with Crippen molar-refractivity contribution in [2.24, 2.45) is 0 Å². The van der Waals surface area contributed by atoms with Crippen LogP contribution < -0.4 is 10.5 Å². The van der Waals surface area contributed by atoms with Crippen LogP contribution in [0.15, 0.2) is 18.9 Å². The molecule has 0 saturated carbocycles. The first-order valence-electron chi connectivity index (χ1n) is 3.03. The third-order valence-electron chi connectivity index (χ3n) is 1.15. The third kappa shape index (κ3) is 1.97. The van der Waals surface area contributed by atoms with Crippen LogP contribution in [0.25, 0.3) is 0 Å². The Kier molecular flexibility index (Phi) is 2.52. The van der Waals surface area contributed by atoms with Gasteiger partial charge >= 0.3 is 13.6 Å². The van der Waals surface area contributed by atoms with E-state index in [2.05, 4.69) is 16.5 Å². The minimum Gasteiger partial charge on any atom is -0.588 e. The van der Waals surface area contributed by atoms with E-state index >= 15 is 0 Å². The quantitative estimate of drug-likeness (QED) is 0.507. The molecule has 1 aromatic rings. The molecule has 0 aliphatic heterocycles. The number of hydrogen-bond donors (Lipinski definition) is 1. The van der Waals surface area contributed by atoms with Gasteiger partial charge in [-0.2, -0.15) is 4.98 Å². The molecule has 0 aromatic carbocycles. The molecule has 0 saturated heterocycles. The predicted molar refractivity (Wildman–Crippen MR) is 39.7 cm³/mol. The van der Waals surface area contributed by atoms with E-state index < -0.39 is 8.03 Å². The summed E-state index contributed by atoms with van der Waals surface area (Å²) in [4.78, 5) is 16.6. The number of aromatic amines is 1. The van der Waals surface area contributed by atoms with Gasteiger partial charge < -0.3 is 9.88 Å². The van der Waals surface area contributed by atoms with Crippen LogP contribution >= 0.6 is 8.03 Å². The Morgan fingerprint density at radius 3 is 3.09 bits per heavy atom. The highest BCUT2D eigenvalue weighted by atomic mass is 31.1. The SMILES string of the molecule is C=CCc1cnc([P+](=O)[O-])[nH]1. The van der Waals surface area contributed by atoms with Crippen LogP contribution in [-0.2, 0) is 11.0 Å². The molecule has 1 atom stereocenters. The summed E-state index contributed by atoms with van der Waals surface area (Å²) in [6, 6.07) is 0. The summed E-state index contributed by atoms with van der Waals surface area (Å²) in [5, 5.41) is 0. The largest absolute Gasteiger partial charge is 0.588 e. The van der Waals surface area contributed by atoms with Gasteiger partial charge in [-0.05, 0) is 0 Å². The molecule has 0 aliphatic rings. The Morgan fingerprint density at radius 1 is 1.91 bits per heavy atom. The second-order valence-corrected chi connectivity index (χ2v) is 2.92. The standard InChI is InChI=1S/C6H7N2O2P/c1-2-3-5-4-7-6(8-5)11(9)10/h2,4H,1,3H2,(H,7,8). The molecule has 0 radical (unpaired) electrons. The van der Waals surface area contributed by atoms with Gasteiger partial charge in [0.2, 0.25) is 0 Å². The molecule has 5 heteroatoms. The zero-order valence-corrected chi connectivity index (χ0v) is 6.67. The molecular weight excluding hydrogens is 163 g/mol. The maximum Gasteiger partial charge on any atom is 0.389 e. The van der Waals surface area contributed by atoms with Crippen molar-refractivity contribution in [3.8, 4) is 0 Å². The van der Waals surface area contributed by atoms with Gasteiger partial charge in [-0.3, -0.25) is 0 Å². The second-order valence-electron chi connectivity index (χ2n) is 1.98. The molecule has 1 unspecified atom stereocenters. The molecule has 1 heterocycles. The summed E-state index contributed by atoms with van der Waals surface area (Å²) in [7, 11) is -2.59. The lowest BCUT2D eigenvalue weighted by molar-refractivity contribution is -0.161. The molecule has 0 amide bonds. The molecular formula is C6H7N2O2P. The number of aromatic nitrogens is 2. The van der Waals surface area contributed by atoms with Gasteiger partial charge in [-0.1, -0.05) is 10.6 Å². The Bertz CT molecular complexity index is 282. The van der Waals surface area contributed by atoms with E-state index in [1.54, 1.807) is 6.08 Å². The van der Waals surface area contributed by atoms with Crippen LogP contribution in [0, 0.1) is 0 Å². The van der Waals surface area contributed by atoms with Crippen molar-refractivity contribution in [2.75, 3.05) is 0 Å². The van der Waals surface area contributed by atoms with Crippen molar-refractivity contribution in [1.82, 2.24) is 9.97 Å². The van der Waals surface area contributed by atoms with Crippen LogP contribution in [0.1, 0.15) is 5.69 Å². The molecule has 1 aromatic heterocycles. The van der Waals surface area contributed by atoms with Gasteiger partial charge in [0.25, 0.3) is 0 Å². The van der Waals surface area contributed by atoms with Crippen molar-refractivity contribution in [3.05, 3.63) is 24.5 Å². The van der Waals surface area contributed by atoms with Gasteiger partial charge in [-0.25, -0.2) is 0 Å². The minimum absolute atomic E-state index is 0.0110. The smallest absolute Gasteiger partial charge is 0.389 e. The lowest BCUT2D eigenvalue weighted by atomic mass is 10.3. The number of imidazole rings is 1. The summed E-state index contributed by atoms with van der Waals surface area (Å²) in [5.41, 5.74) is 0.769. The molecule has 4 nitrogen and oxygen atoms in total. The highest BCUT2D eigenvalue weighted by Gasteiger charge is 2.10. The maximum atomic E-state index is 10.3. The van der Waals surface area contributed by atoms with Crippen molar-refractivity contribution in [1.29, 1.82) is 0 Å². The summed E-state index contributed by atoms with van der Waals surface area (Å²) in [6.07, 6.45) is 3.77. The average Bonchev–Trinajstić information content (AvgIpc) is 2.37. The molecule has 0 aliphatic carbocycles. The van der Waals surface area contributed by atoms with Crippen LogP contribution in [0.3, 0.4) is 0 Å². The van der Waals surface area contributed by atoms with E-state index in [0.717, 1.165) is 5.69 Å². The minimum atomic E-state index is -2.59. The van der Waals surface area contributed by atoms with E-state index in [-0.39, 0.29) is 5.57 Å². The molecule has 1 rings (SSSR count). The van der Waals surface area contributed by atoms with E-state index in [9.17, 15) is 9.46 Å². The Hall–Kier alpha value is -0.990. The number of nitrogens with zero attached hydrogens (tertiary/aromatic N) is 1. The van der Waals surface area contributed by atoms with Gasteiger partial charge in [0.05, 0.1) is 6.20 Å². The molecule has 0 fully saturated rings. The third-order valence-corrected chi connectivity index (χ3v) is 1.73. The van der Waals surface area contributed by atoms with Gasteiger partial charge in [-0.15, -0.1) is 6.58 Å². The average molecular weight is 170 g/mol. The first-order valence-corrected chi connectivity index (χ1v) is 4.21. The van der Waals surface area contributed by atoms with Crippen LogP contribution in [0.5, 0.6) is 0 Å². The molecule has 58 valence electrons. The lowest BCUT2D eigenvalue weighted by Crippen LogP contribution is -2.08. The molecule has 1 N–H and O–H groups in total. The Morgan fingerprint density at radius 2 is 2.64 bits per heavy atom. The van der Waals surface area contributed by atoms with Crippen molar-refractivity contribution >= 4 is 13.6 Å². The normalized spacial score (nSPS) is 11.2. The Labute approximate surface area is 64.9 Å². The number of hydrogen-bond acceptors (Lipinski definition) is 3. The summed E-state index contributed by atoms with van der Waals surface area (Å²) in [6.45, 7) is 3.51. The highest BCUT2D eigenvalue weighted by molar-refractivity contribution is 7.45. The molecule has 0 spiro atoms. The van der Waals surface area contributed by atoms with Crippen LogP contribution in [-0.4, -0.2) is 9.97 Å². The topological polar surface area (TPSA) is 68.8 Å². The predicted octanol–water partition coefficient (Wildman–Crippen LogP) is -0.134. The van der Waals surface area contributed by atoms with E-state index in [0.29, 0.717) is 6.42 Å². The maximum absolute atomic E-state index is 10.3. The number of H-pyrrole nitrogens is 1. The fraction of sp³-hybridized carbons (Fsp3) is 0.167. The first-order chi connectivity index (χ1) is 5.24. The van der Waals surface area contributed by atoms with Gasteiger partial charge in [0.1, 0.15) is 0 Å². The zero-order chi connectivity index (χ0) is 8.27. The van der Waals surface area contributed by atoms with E-state index in [4.69, 9.17) is 0 Å². The molecule has 0 bridgehead atoms. The van der Waals surface area contributed by atoms with Crippen molar-refractivity contribution < 1.29 is 9.46 Å². The van der Waals surface area contributed by atoms with Gasteiger partial charge in [0, 0.05) is 12.1 Å². The number of nitrogens with one attached hydrogen (secondary N) is 1. The zero-order valence-electron chi connectivity index (χ0n) is 5.78. The Balaban J connectivity index is 2.81. The summed E-state index contributed by atoms with van der Waals surface area (Å²) < 4.78 is 10.3. The fourth-order valence-electron chi connectivity index (χ4n) is 0.699. The number of rotatable bonds is 3.